The van der Waals surface area contributed by atoms with E-state index in [-0.39, 0.29) is 0 Å². The first-order valence-corrected chi connectivity index (χ1v) is 4.13. The SMILES string of the molecule is SCN1CCSC1. The molecule has 0 atom stereocenters. The predicted molar refractivity (Wildman–Crippen MR) is 37.9 cm³/mol. The number of rotatable bonds is 1. The number of hydrogen-bond donors (Lipinski definition) is 1. The molecule has 1 aliphatic heterocycles. The maximum absolute atomic E-state index is 4.13. The summed E-state index contributed by atoms with van der Waals surface area (Å²) < 4.78 is 0. The molecule has 0 aromatic rings. The Morgan fingerprint density at radius 3 is 2.86 bits per heavy atom. The summed E-state index contributed by atoms with van der Waals surface area (Å²) in [5.74, 6) is 3.40. The van der Waals surface area contributed by atoms with Crippen molar-refractivity contribution in [3.8, 4) is 0 Å². The van der Waals surface area contributed by atoms with Crippen LogP contribution in [-0.4, -0.2) is 29.0 Å². The molecule has 0 spiro atoms. The molecule has 1 nitrogen and oxygen atoms in total. The van der Waals surface area contributed by atoms with Gasteiger partial charge in [0, 0.05) is 24.1 Å². The van der Waals surface area contributed by atoms with Gasteiger partial charge in [-0.1, -0.05) is 0 Å². The number of thiol groups is 1. The Kier molecular flexibility index (Phi) is 2.35. The van der Waals surface area contributed by atoms with Crippen molar-refractivity contribution in [1.29, 1.82) is 0 Å². The molecular weight excluding hydrogens is 126 g/mol. The van der Waals surface area contributed by atoms with Crippen LogP contribution in [0.5, 0.6) is 0 Å². The molecule has 1 rings (SSSR count). The highest BCUT2D eigenvalue weighted by Gasteiger charge is 2.07. The zero-order chi connectivity index (χ0) is 5.11. The van der Waals surface area contributed by atoms with Crippen molar-refractivity contribution in [2.24, 2.45) is 0 Å². The Balaban J connectivity index is 2.14. The molecule has 1 saturated heterocycles. The highest BCUT2D eigenvalue weighted by atomic mass is 32.2. The van der Waals surface area contributed by atoms with Crippen LogP contribution in [0.4, 0.5) is 0 Å². The standard InChI is InChI=1S/C4H9NS2/c6-3-5-1-2-7-4-5/h6H,1-4H2. The third kappa shape index (κ3) is 1.55. The zero-order valence-corrected chi connectivity index (χ0v) is 5.84. The first-order chi connectivity index (χ1) is 3.43. The number of nitrogens with zero attached hydrogens (tertiary/aromatic N) is 1. The van der Waals surface area contributed by atoms with Crippen LogP contribution in [0.3, 0.4) is 0 Å². The lowest BCUT2D eigenvalue weighted by molar-refractivity contribution is 0.422. The van der Waals surface area contributed by atoms with Crippen molar-refractivity contribution in [2.75, 3.05) is 24.1 Å². The topological polar surface area (TPSA) is 3.24 Å². The second-order valence-electron chi connectivity index (χ2n) is 1.57. The quantitative estimate of drug-likeness (QED) is 0.532. The van der Waals surface area contributed by atoms with E-state index in [0.29, 0.717) is 0 Å². The summed E-state index contributed by atoms with van der Waals surface area (Å²) >= 11 is 6.11. The molecule has 0 aromatic heterocycles. The molecule has 0 radical (unpaired) electrons. The fourth-order valence-corrected chi connectivity index (χ4v) is 1.94. The van der Waals surface area contributed by atoms with Crippen molar-refractivity contribution >= 4 is 24.4 Å². The molecule has 0 saturated carbocycles. The fraction of sp³-hybridized carbons (Fsp3) is 1.00. The maximum atomic E-state index is 4.13. The maximum Gasteiger partial charge on any atom is 0.0453 e. The van der Waals surface area contributed by atoms with Gasteiger partial charge in [0.1, 0.15) is 0 Å². The molecule has 0 amide bonds. The Bertz CT molecular complexity index is 51.7. The summed E-state index contributed by atoms with van der Waals surface area (Å²) in [4.78, 5) is 2.31. The summed E-state index contributed by atoms with van der Waals surface area (Å²) in [6, 6.07) is 0. The van der Waals surface area contributed by atoms with Gasteiger partial charge in [0.25, 0.3) is 0 Å². The summed E-state index contributed by atoms with van der Waals surface area (Å²) in [5.41, 5.74) is 0. The Morgan fingerprint density at radius 1 is 1.71 bits per heavy atom. The molecule has 7 heavy (non-hydrogen) atoms. The van der Waals surface area contributed by atoms with Crippen LogP contribution in [0, 0.1) is 0 Å². The Labute approximate surface area is 53.9 Å². The summed E-state index contributed by atoms with van der Waals surface area (Å²) in [6.45, 7) is 1.23. The average molecular weight is 135 g/mol. The van der Waals surface area contributed by atoms with Crippen molar-refractivity contribution < 1.29 is 0 Å². The van der Waals surface area contributed by atoms with E-state index in [1.165, 1.54) is 18.2 Å². The molecule has 0 aromatic carbocycles. The van der Waals surface area contributed by atoms with Gasteiger partial charge in [-0.2, -0.15) is 12.6 Å². The fourth-order valence-electron chi connectivity index (χ4n) is 0.563. The van der Waals surface area contributed by atoms with Crippen LogP contribution in [0.15, 0.2) is 0 Å². The molecule has 1 aliphatic rings. The minimum Gasteiger partial charge on any atom is -0.284 e. The van der Waals surface area contributed by atoms with Crippen molar-refractivity contribution in [3.63, 3.8) is 0 Å². The van der Waals surface area contributed by atoms with E-state index in [1.54, 1.807) is 0 Å². The van der Waals surface area contributed by atoms with Gasteiger partial charge in [-0.15, -0.1) is 11.8 Å². The average Bonchev–Trinajstić information content (AvgIpc) is 2.14. The van der Waals surface area contributed by atoms with Gasteiger partial charge in [0.15, 0.2) is 0 Å². The third-order valence-electron chi connectivity index (χ3n) is 1.03. The molecule has 3 heteroatoms. The normalized spacial score (nSPS) is 23.6. The van der Waals surface area contributed by atoms with Gasteiger partial charge in [-0.25, -0.2) is 0 Å². The van der Waals surface area contributed by atoms with Crippen LogP contribution in [0.1, 0.15) is 0 Å². The molecule has 1 fully saturated rings. The highest BCUT2D eigenvalue weighted by molar-refractivity contribution is 7.99. The van der Waals surface area contributed by atoms with Crippen LogP contribution in [0.2, 0.25) is 0 Å². The number of hydrogen-bond acceptors (Lipinski definition) is 3. The van der Waals surface area contributed by atoms with Crippen LogP contribution < -0.4 is 0 Å². The Hall–Kier alpha value is 0.660. The highest BCUT2D eigenvalue weighted by Crippen LogP contribution is 2.12. The molecule has 0 unspecified atom stereocenters. The van der Waals surface area contributed by atoms with Gasteiger partial charge >= 0.3 is 0 Å². The van der Waals surface area contributed by atoms with E-state index < -0.39 is 0 Å². The third-order valence-corrected chi connectivity index (χ3v) is 2.44. The Morgan fingerprint density at radius 2 is 2.57 bits per heavy atom. The molecular formula is C4H9NS2. The molecule has 1 heterocycles. The van der Waals surface area contributed by atoms with E-state index in [2.05, 4.69) is 17.5 Å². The summed E-state index contributed by atoms with van der Waals surface area (Å²) in [5, 5.41) is 0. The minimum atomic E-state index is 0.924. The van der Waals surface area contributed by atoms with Gasteiger partial charge in [0.2, 0.25) is 0 Å². The van der Waals surface area contributed by atoms with E-state index in [4.69, 9.17) is 0 Å². The smallest absolute Gasteiger partial charge is 0.0453 e. The molecule has 0 N–H and O–H groups in total. The largest absolute Gasteiger partial charge is 0.284 e. The van der Waals surface area contributed by atoms with E-state index in [1.807, 2.05) is 11.8 Å². The van der Waals surface area contributed by atoms with Crippen molar-refractivity contribution in [2.45, 2.75) is 0 Å². The van der Waals surface area contributed by atoms with Crippen LogP contribution in [-0.2, 0) is 0 Å². The molecule has 0 aliphatic carbocycles. The lowest BCUT2D eigenvalue weighted by Gasteiger charge is -2.06. The second-order valence-corrected chi connectivity index (χ2v) is 2.93. The lowest BCUT2D eigenvalue weighted by Crippen LogP contribution is -2.16. The van der Waals surface area contributed by atoms with Gasteiger partial charge in [-0.05, 0) is 0 Å². The van der Waals surface area contributed by atoms with Gasteiger partial charge < -0.3 is 0 Å². The van der Waals surface area contributed by atoms with Gasteiger partial charge in [-0.3, -0.25) is 4.90 Å². The first kappa shape index (κ1) is 5.79. The molecule has 42 valence electrons. The monoisotopic (exact) mass is 135 g/mol. The second kappa shape index (κ2) is 2.84. The van der Waals surface area contributed by atoms with E-state index in [9.17, 15) is 0 Å². The van der Waals surface area contributed by atoms with E-state index in [0.717, 1.165) is 5.88 Å². The summed E-state index contributed by atoms with van der Waals surface area (Å²) in [6.07, 6.45) is 0. The summed E-state index contributed by atoms with van der Waals surface area (Å²) in [7, 11) is 0. The van der Waals surface area contributed by atoms with Crippen molar-refractivity contribution in [1.82, 2.24) is 4.90 Å². The first-order valence-electron chi connectivity index (χ1n) is 2.34. The van der Waals surface area contributed by atoms with Crippen LogP contribution >= 0.6 is 24.4 Å². The van der Waals surface area contributed by atoms with Crippen molar-refractivity contribution in [3.05, 3.63) is 0 Å². The van der Waals surface area contributed by atoms with Gasteiger partial charge in [0.05, 0.1) is 0 Å². The minimum absolute atomic E-state index is 0.924. The molecule has 0 bridgehead atoms. The zero-order valence-electron chi connectivity index (χ0n) is 4.13. The predicted octanol–water partition coefficient (Wildman–Crippen LogP) is 0.880. The van der Waals surface area contributed by atoms with E-state index >= 15 is 0 Å². The number of thioether (sulfide) groups is 1. The van der Waals surface area contributed by atoms with Crippen LogP contribution in [0.25, 0.3) is 0 Å². The lowest BCUT2D eigenvalue weighted by atomic mass is 10.7.